The van der Waals surface area contributed by atoms with Gasteiger partial charge in [-0.25, -0.2) is 9.78 Å². The largest absolute Gasteiger partial charge is 0.478 e. The Balaban J connectivity index is 1.75. The summed E-state index contributed by atoms with van der Waals surface area (Å²) < 4.78 is 4.80. The van der Waals surface area contributed by atoms with Crippen molar-refractivity contribution in [2.45, 2.75) is 13.3 Å². The van der Waals surface area contributed by atoms with Crippen molar-refractivity contribution < 1.29 is 24.2 Å². The third-order valence-corrected chi connectivity index (χ3v) is 5.22. The Kier molecular flexibility index (Phi) is 7.96. The molecule has 3 N–H and O–H groups in total. The molecule has 10 heteroatoms. The fraction of sp³-hybridized carbons (Fsp3) is 0.455. The second kappa shape index (κ2) is 10.9. The Bertz CT molecular complexity index is 988. The van der Waals surface area contributed by atoms with Gasteiger partial charge in [0.15, 0.2) is 0 Å². The van der Waals surface area contributed by atoms with Crippen molar-refractivity contribution in [3.8, 4) is 0 Å². The molecule has 32 heavy (non-hydrogen) atoms. The minimum atomic E-state index is -1.06. The van der Waals surface area contributed by atoms with Crippen molar-refractivity contribution in [2.75, 3.05) is 63.2 Å². The topological polar surface area (TPSA) is 124 Å². The number of anilines is 2. The van der Waals surface area contributed by atoms with Gasteiger partial charge in [0.2, 0.25) is 11.8 Å². The molecule has 0 atom stereocenters. The minimum absolute atomic E-state index is 0.0192. The Morgan fingerprint density at radius 3 is 2.53 bits per heavy atom. The molecule has 2 amide bonds. The van der Waals surface area contributed by atoms with Gasteiger partial charge in [-0.3, -0.25) is 14.5 Å². The number of carbonyl (C=O) groups excluding carboxylic acids is 2. The van der Waals surface area contributed by atoms with Crippen LogP contribution in [0.4, 0.5) is 11.5 Å². The van der Waals surface area contributed by atoms with Crippen LogP contribution in [-0.2, 0) is 14.3 Å². The molecule has 3 rings (SSSR count). The van der Waals surface area contributed by atoms with Crippen LogP contribution in [0.2, 0.25) is 0 Å². The molecule has 0 aliphatic carbocycles. The average Bonchev–Trinajstić information content (AvgIpc) is 2.77. The van der Waals surface area contributed by atoms with Gasteiger partial charge in [0.25, 0.3) is 0 Å². The summed E-state index contributed by atoms with van der Waals surface area (Å²) in [6, 6.07) is 6.55. The molecule has 172 valence electrons. The van der Waals surface area contributed by atoms with Crippen LogP contribution >= 0.6 is 0 Å². The van der Waals surface area contributed by atoms with Gasteiger partial charge < -0.3 is 25.4 Å². The number of carboxylic acids is 1. The molecule has 0 spiro atoms. The zero-order chi connectivity index (χ0) is 23.1. The predicted molar refractivity (Wildman–Crippen MR) is 121 cm³/mol. The van der Waals surface area contributed by atoms with Gasteiger partial charge in [-0.2, -0.15) is 0 Å². The van der Waals surface area contributed by atoms with Crippen molar-refractivity contribution in [3.05, 3.63) is 29.8 Å². The molecule has 1 aliphatic rings. The van der Waals surface area contributed by atoms with Crippen LogP contribution in [0.5, 0.6) is 0 Å². The smallest absolute Gasteiger partial charge is 0.336 e. The molecule has 0 bridgehead atoms. The molecule has 10 nitrogen and oxygen atoms in total. The lowest BCUT2D eigenvalue weighted by Crippen LogP contribution is -2.49. The third kappa shape index (κ3) is 5.92. The van der Waals surface area contributed by atoms with Gasteiger partial charge in [-0.05, 0) is 30.7 Å². The predicted octanol–water partition coefficient (Wildman–Crippen LogP) is 1.17. The molecule has 0 saturated carbocycles. The number of piperazine rings is 1. The number of hydrogen-bond acceptors (Lipinski definition) is 7. The highest BCUT2D eigenvalue weighted by atomic mass is 16.5. The number of nitrogens with zero attached hydrogens (tertiary/aromatic N) is 3. The van der Waals surface area contributed by atoms with Crippen LogP contribution in [-0.4, -0.2) is 85.8 Å². The summed E-state index contributed by atoms with van der Waals surface area (Å²) in [6.45, 7) is 5.62. The number of rotatable bonds is 9. The van der Waals surface area contributed by atoms with E-state index < -0.39 is 5.97 Å². The number of pyridine rings is 1. The number of nitrogens with one attached hydrogen (secondary N) is 2. The fourth-order valence-corrected chi connectivity index (χ4v) is 3.62. The van der Waals surface area contributed by atoms with Crippen molar-refractivity contribution in [3.63, 3.8) is 0 Å². The zero-order valence-corrected chi connectivity index (χ0v) is 18.4. The number of fused-ring (bicyclic) bond motifs is 1. The lowest BCUT2D eigenvalue weighted by molar-refractivity contribution is -0.122. The number of aromatic nitrogens is 1. The van der Waals surface area contributed by atoms with E-state index in [0.717, 1.165) is 6.42 Å². The lowest BCUT2D eigenvalue weighted by atomic mass is 10.1. The van der Waals surface area contributed by atoms with Crippen LogP contribution in [0.15, 0.2) is 24.3 Å². The Hall–Kier alpha value is -3.24. The molecule has 0 unspecified atom stereocenters. The van der Waals surface area contributed by atoms with E-state index in [9.17, 15) is 19.5 Å². The van der Waals surface area contributed by atoms with Crippen LogP contribution < -0.4 is 15.5 Å². The standard InChI is InChI=1S/C22H29N5O5/c1-3-6-23-20(28)13-26-7-9-27(10-8-26)19-12-17(22(30)31)16-11-15(4-5-18(16)25-19)24-21(29)14-32-2/h4-5,11-12H,3,6-10,13-14H2,1-2H3,(H,23,28)(H,24,29)(H,30,31). The maximum absolute atomic E-state index is 11.9. The summed E-state index contributed by atoms with van der Waals surface area (Å²) in [5.74, 6) is -0.786. The summed E-state index contributed by atoms with van der Waals surface area (Å²) in [5.41, 5.74) is 1.13. The first kappa shape index (κ1) is 23.4. The van der Waals surface area contributed by atoms with E-state index in [-0.39, 0.29) is 24.0 Å². The first-order valence-electron chi connectivity index (χ1n) is 10.6. The molecular formula is C22H29N5O5. The van der Waals surface area contributed by atoms with Crippen LogP contribution in [0, 0.1) is 0 Å². The number of carboxylic acid groups (broad SMARTS) is 1. The molecule has 1 aromatic heterocycles. The maximum Gasteiger partial charge on any atom is 0.336 e. The van der Waals surface area contributed by atoms with Crippen molar-refractivity contribution >= 4 is 40.2 Å². The first-order valence-corrected chi connectivity index (χ1v) is 10.6. The van der Waals surface area contributed by atoms with Gasteiger partial charge in [0, 0.05) is 50.9 Å². The SMILES string of the molecule is CCCNC(=O)CN1CCN(c2cc(C(=O)O)c3cc(NC(=O)COC)ccc3n2)CC1. The van der Waals surface area contributed by atoms with Crippen molar-refractivity contribution in [2.24, 2.45) is 0 Å². The van der Waals surface area contributed by atoms with Crippen molar-refractivity contribution in [1.82, 2.24) is 15.2 Å². The quantitative estimate of drug-likeness (QED) is 0.528. The van der Waals surface area contributed by atoms with Gasteiger partial charge in [-0.15, -0.1) is 0 Å². The fourth-order valence-electron chi connectivity index (χ4n) is 3.62. The summed E-state index contributed by atoms with van der Waals surface area (Å²) in [7, 11) is 1.43. The van der Waals surface area contributed by atoms with Gasteiger partial charge >= 0.3 is 5.97 Å². The van der Waals surface area contributed by atoms with Crippen LogP contribution in [0.3, 0.4) is 0 Å². The average molecular weight is 444 g/mol. The normalized spacial score (nSPS) is 14.4. The van der Waals surface area contributed by atoms with E-state index in [1.165, 1.54) is 7.11 Å². The second-order valence-corrected chi connectivity index (χ2v) is 7.66. The monoisotopic (exact) mass is 443 g/mol. The molecule has 1 aromatic carbocycles. The Labute approximate surface area is 186 Å². The number of aromatic carboxylic acids is 1. The number of amides is 2. The highest BCUT2D eigenvalue weighted by Crippen LogP contribution is 2.26. The summed E-state index contributed by atoms with van der Waals surface area (Å²) in [5, 5.41) is 15.8. The second-order valence-electron chi connectivity index (χ2n) is 7.66. The number of benzene rings is 1. The van der Waals surface area contributed by atoms with E-state index in [4.69, 9.17) is 4.74 Å². The summed E-state index contributed by atoms with van der Waals surface area (Å²) in [4.78, 5) is 44.4. The van der Waals surface area contributed by atoms with Crippen LogP contribution in [0.25, 0.3) is 10.9 Å². The highest BCUT2D eigenvalue weighted by molar-refractivity contribution is 6.05. The minimum Gasteiger partial charge on any atom is -0.478 e. The summed E-state index contributed by atoms with van der Waals surface area (Å²) >= 11 is 0. The number of hydrogen-bond donors (Lipinski definition) is 3. The maximum atomic E-state index is 11.9. The highest BCUT2D eigenvalue weighted by Gasteiger charge is 2.22. The zero-order valence-electron chi connectivity index (χ0n) is 18.4. The molecule has 2 aromatic rings. The van der Waals surface area contributed by atoms with E-state index in [1.54, 1.807) is 24.3 Å². The van der Waals surface area contributed by atoms with Gasteiger partial charge in [0.1, 0.15) is 12.4 Å². The molecule has 0 radical (unpaired) electrons. The molecular weight excluding hydrogens is 414 g/mol. The van der Waals surface area contributed by atoms with E-state index in [1.807, 2.05) is 11.8 Å². The van der Waals surface area contributed by atoms with E-state index >= 15 is 0 Å². The van der Waals surface area contributed by atoms with Crippen LogP contribution in [0.1, 0.15) is 23.7 Å². The Morgan fingerprint density at radius 2 is 1.88 bits per heavy atom. The van der Waals surface area contributed by atoms with E-state index in [2.05, 4.69) is 20.5 Å². The number of carbonyl (C=O) groups is 3. The molecule has 1 saturated heterocycles. The number of ether oxygens (including phenoxy) is 1. The first-order chi connectivity index (χ1) is 15.4. The Morgan fingerprint density at radius 1 is 1.12 bits per heavy atom. The molecule has 1 fully saturated rings. The number of methoxy groups -OCH3 is 1. The summed E-state index contributed by atoms with van der Waals surface area (Å²) in [6.07, 6.45) is 0.903. The van der Waals surface area contributed by atoms with Gasteiger partial charge in [-0.1, -0.05) is 6.92 Å². The molecule has 1 aliphatic heterocycles. The van der Waals surface area contributed by atoms with Crippen molar-refractivity contribution in [1.29, 1.82) is 0 Å². The third-order valence-electron chi connectivity index (χ3n) is 5.22. The van der Waals surface area contributed by atoms with Gasteiger partial charge in [0.05, 0.1) is 17.6 Å². The lowest BCUT2D eigenvalue weighted by Gasteiger charge is -2.35. The molecule has 2 heterocycles. The van der Waals surface area contributed by atoms with E-state index in [0.29, 0.717) is 61.7 Å².